The molecule has 0 radical (unpaired) electrons. The number of rotatable bonds is 8. The van der Waals surface area contributed by atoms with E-state index in [1.54, 1.807) is 35.0 Å². The van der Waals surface area contributed by atoms with Crippen LogP contribution in [0.4, 0.5) is 29.5 Å². The monoisotopic (exact) mass is 563 g/mol. The van der Waals surface area contributed by atoms with Crippen LogP contribution >= 0.6 is 11.6 Å². The van der Waals surface area contributed by atoms with E-state index in [0.717, 1.165) is 11.8 Å². The van der Waals surface area contributed by atoms with Gasteiger partial charge < -0.3 is 15.5 Å². The second-order valence-electron chi connectivity index (χ2n) is 10.7. The molecule has 7 nitrogen and oxygen atoms in total. The Morgan fingerprint density at radius 2 is 1.67 bits per heavy atom. The van der Waals surface area contributed by atoms with Crippen molar-refractivity contribution in [1.82, 2.24) is 14.7 Å². The molecule has 0 aliphatic carbocycles. The van der Waals surface area contributed by atoms with Crippen LogP contribution in [0.25, 0.3) is 5.69 Å². The van der Waals surface area contributed by atoms with Gasteiger partial charge in [0.25, 0.3) is 0 Å². The lowest BCUT2D eigenvalue weighted by molar-refractivity contribution is -0.137. The summed E-state index contributed by atoms with van der Waals surface area (Å²) in [5.74, 6) is 0.0685. The van der Waals surface area contributed by atoms with Gasteiger partial charge in [0, 0.05) is 23.0 Å². The van der Waals surface area contributed by atoms with E-state index in [1.807, 2.05) is 34.6 Å². The average Bonchev–Trinajstić information content (AvgIpc) is 3.26. The lowest BCUT2D eigenvalue weighted by Crippen LogP contribution is -2.42. The number of nitrogens with one attached hydrogen (secondary N) is 2. The third kappa shape index (κ3) is 8.23. The maximum atomic E-state index is 13.4. The van der Waals surface area contributed by atoms with Crippen molar-refractivity contribution < 1.29 is 22.8 Å². The van der Waals surface area contributed by atoms with Gasteiger partial charge in [-0.3, -0.25) is 4.79 Å². The van der Waals surface area contributed by atoms with Gasteiger partial charge in [0.2, 0.25) is 5.91 Å². The Kier molecular flexibility index (Phi) is 9.32. The Balaban J connectivity index is 1.85. The van der Waals surface area contributed by atoms with E-state index in [4.69, 9.17) is 11.6 Å². The molecule has 39 heavy (non-hydrogen) atoms. The number of benzene rings is 2. The molecule has 0 unspecified atom stereocenters. The van der Waals surface area contributed by atoms with Crippen LogP contribution in [0.2, 0.25) is 5.02 Å². The lowest BCUT2D eigenvalue weighted by atomic mass is 9.92. The SMILES string of the molecule is CC(C)CCN(CC(=O)Nc1cc(C(C)(C)C)nn1-c1ccc(Cl)cc1)C(=O)Nc1ccccc1C(F)(F)F. The van der Waals surface area contributed by atoms with Crippen LogP contribution in [-0.4, -0.2) is 39.7 Å². The number of hydrogen-bond acceptors (Lipinski definition) is 3. The Morgan fingerprint density at radius 1 is 1.03 bits per heavy atom. The van der Waals surface area contributed by atoms with Crippen molar-refractivity contribution in [3.8, 4) is 5.69 Å². The number of aromatic nitrogens is 2. The number of urea groups is 1. The zero-order chi connectivity index (χ0) is 29.0. The maximum Gasteiger partial charge on any atom is 0.418 e. The molecule has 0 aliphatic heterocycles. The van der Waals surface area contributed by atoms with E-state index in [1.165, 1.54) is 23.1 Å². The van der Waals surface area contributed by atoms with Crippen LogP contribution in [0.1, 0.15) is 52.3 Å². The van der Waals surface area contributed by atoms with Gasteiger partial charge in [-0.05, 0) is 48.7 Å². The molecule has 11 heteroatoms. The van der Waals surface area contributed by atoms with Crippen molar-refractivity contribution >= 4 is 35.0 Å². The maximum absolute atomic E-state index is 13.4. The molecule has 210 valence electrons. The number of hydrogen-bond donors (Lipinski definition) is 2. The zero-order valence-corrected chi connectivity index (χ0v) is 23.3. The molecular weight excluding hydrogens is 531 g/mol. The molecular formula is C28H33ClF3N5O2. The second kappa shape index (κ2) is 12.1. The standard InChI is InChI=1S/C28H33ClF3N5O2/c1-18(2)14-15-36(26(39)33-22-9-7-6-8-21(22)28(30,31)32)17-25(38)34-24-16-23(27(3,4)5)35-37(24)20-12-10-19(29)11-13-20/h6-13,16,18H,14-15,17H2,1-5H3,(H,33,39)(H,34,38). The molecule has 2 aromatic carbocycles. The summed E-state index contributed by atoms with van der Waals surface area (Å²) in [7, 11) is 0. The predicted octanol–water partition coefficient (Wildman–Crippen LogP) is 7.36. The van der Waals surface area contributed by atoms with E-state index in [0.29, 0.717) is 22.9 Å². The van der Waals surface area contributed by atoms with Crippen molar-refractivity contribution in [2.24, 2.45) is 5.92 Å². The lowest BCUT2D eigenvalue weighted by Gasteiger charge is -2.24. The first kappa shape index (κ1) is 30.0. The van der Waals surface area contributed by atoms with Gasteiger partial charge in [-0.15, -0.1) is 0 Å². The van der Waals surface area contributed by atoms with Crippen molar-refractivity contribution in [3.63, 3.8) is 0 Å². The van der Waals surface area contributed by atoms with Crippen molar-refractivity contribution in [2.75, 3.05) is 23.7 Å². The summed E-state index contributed by atoms with van der Waals surface area (Å²) < 4.78 is 41.9. The summed E-state index contributed by atoms with van der Waals surface area (Å²) in [6, 6.07) is 12.6. The molecule has 0 fully saturated rings. The fraction of sp³-hybridized carbons (Fsp3) is 0.393. The largest absolute Gasteiger partial charge is 0.418 e. The van der Waals surface area contributed by atoms with Crippen LogP contribution in [-0.2, 0) is 16.4 Å². The second-order valence-corrected chi connectivity index (χ2v) is 11.1. The Hall–Kier alpha value is -3.53. The number of halogens is 4. The molecule has 1 aromatic heterocycles. The summed E-state index contributed by atoms with van der Waals surface area (Å²) in [4.78, 5) is 27.5. The first-order valence-electron chi connectivity index (χ1n) is 12.5. The highest BCUT2D eigenvalue weighted by molar-refractivity contribution is 6.30. The van der Waals surface area contributed by atoms with Gasteiger partial charge in [-0.25, -0.2) is 9.48 Å². The molecule has 0 spiro atoms. The minimum absolute atomic E-state index is 0.175. The first-order chi connectivity index (χ1) is 18.1. The van der Waals surface area contributed by atoms with Gasteiger partial charge in [-0.2, -0.15) is 18.3 Å². The molecule has 3 aromatic rings. The van der Waals surface area contributed by atoms with E-state index < -0.39 is 23.7 Å². The van der Waals surface area contributed by atoms with E-state index in [-0.39, 0.29) is 30.1 Å². The van der Waals surface area contributed by atoms with Crippen LogP contribution in [0, 0.1) is 5.92 Å². The topological polar surface area (TPSA) is 79.3 Å². The summed E-state index contributed by atoms with van der Waals surface area (Å²) in [6.45, 7) is 9.68. The van der Waals surface area contributed by atoms with Gasteiger partial charge in [0.15, 0.2) is 0 Å². The summed E-state index contributed by atoms with van der Waals surface area (Å²) in [5.41, 5.74) is -0.255. The first-order valence-corrected chi connectivity index (χ1v) is 12.9. The number of amides is 3. The molecule has 0 atom stereocenters. The highest BCUT2D eigenvalue weighted by atomic mass is 35.5. The minimum atomic E-state index is -4.64. The van der Waals surface area contributed by atoms with Gasteiger partial charge in [-0.1, -0.05) is 58.4 Å². The molecule has 3 amide bonds. The van der Waals surface area contributed by atoms with Gasteiger partial charge in [0.1, 0.15) is 12.4 Å². The van der Waals surface area contributed by atoms with Crippen LogP contribution in [0.5, 0.6) is 0 Å². The molecule has 0 aliphatic rings. The normalized spacial score (nSPS) is 11.9. The number of para-hydroxylation sites is 1. The summed E-state index contributed by atoms with van der Waals surface area (Å²) in [6.07, 6.45) is -4.09. The minimum Gasteiger partial charge on any atom is -0.315 e. The van der Waals surface area contributed by atoms with Gasteiger partial charge >= 0.3 is 12.2 Å². The van der Waals surface area contributed by atoms with E-state index >= 15 is 0 Å². The number of carbonyl (C=O) groups is 2. The highest BCUT2D eigenvalue weighted by Crippen LogP contribution is 2.34. The average molecular weight is 564 g/mol. The molecule has 0 saturated carbocycles. The Labute approximate surface area is 231 Å². The fourth-order valence-electron chi connectivity index (χ4n) is 3.67. The molecule has 3 rings (SSSR count). The number of anilines is 2. The molecule has 2 N–H and O–H groups in total. The number of nitrogens with zero attached hydrogens (tertiary/aromatic N) is 3. The smallest absolute Gasteiger partial charge is 0.315 e. The molecule has 1 heterocycles. The van der Waals surface area contributed by atoms with Crippen LogP contribution < -0.4 is 10.6 Å². The van der Waals surface area contributed by atoms with Crippen LogP contribution in [0.3, 0.4) is 0 Å². The fourth-order valence-corrected chi connectivity index (χ4v) is 3.80. The predicted molar refractivity (Wildman–Crippen MR) is 147 cm³/mol. The highest BCUT2D eigenvalue weighted by Gasteiger charge is 2.34. The Bertz CT molecular complexity index is 1300. The zero-order valence-electron chi connectivity index (χ0n) is 22.6. The quantitative estimate of drug-likeness (QED) is 0.300. The summed E-state index contributed by atoms with van der Waals surface area (Å²) >= 11 is 6.03. The van der Waals surface area contributed by atoms with Crippen molar-refractivity contribution in [3.05, 3.63) is 70.9 Å². The number of carbonyl (C=O) groups excluding carboxylic acids is 2. The van der Waals surface area contributed by atoms with E-state index in [2.05, 4.69) is 15.7 Å². The summed E-state index contributed by atoms with van der Waals surface area (Å²) in [5, 5.41) is 10.4. The molecule has 0 bridgehead atoms. The van der Waals surface area contributed by atoms with Gasteiger partial charge in [0.05, 0.1) is 22.6 Å². The third-order valence-electron chi connectivity index (χ3n) is 5.89. The van der Waals surface area contributed by atoms with Crippen molar-refractivity contribution in [1.29, 1.82) is 0 Å². The van der Waals surface area contributed by atoms with E-state index in [9.17, 15) is 22.8 Å². The van der Waals surface area contributed by atoms with Crippen LogP contribution in [0.15, 0.2) is 54.6 Å². The van der Waals surface area contributed by atoms with Crippen molar-refractivity contribution in [2.45, 2.75) is 52.6 Å². The Morgan fingerprint density at radius 3 is 2.26 bits per heavy atom. The number of alkyl halides is 3. The molecule has 0 saturated heterocycles. The third-order valence-corrected chi connectivity index (χ3v) is 6.14.